The largest absolute Gasteiger partial charge is 0.350 e. The van der Waals surface area contributed by atoms with Crippen molar-refractivity contribution in [3.8, 4) is 0 Å². The minimum atomic E-state index is -0.0734. The maximum atomic E-state index is 12.0. The van der Waals surface area contributed by atoms with Gasteiger partial charge in [0.1, 0.15) is 11.5 Å². The zero-order valence-corrected chi connectivity index (χ0v) is 11.8. The van der Waals surface area contributed by atoms with Crippen LogP contribution in [-0.2, 0) is 19.4 Å². The van der Waals surface area contributed by atoms with Crippen molar-refractivity contribution in [2.75, 3.05) is 6.54 Å². The average molecular weight is 273 g/mol. The fourth-order valence-corrected chi connectivity index (χ4v) is 2.50. The van der Waals surface area contributed by atoms with Gasteiger partial charge in [0.15, 0.2) is 0 Å². The Morgan fingerprint density at radius 3 is 3.05 bits per heavy atom. The number of carbonyl (C=O) groups excluding carboxylic acids is 1. The molecule has 20 heavy (non-hydrogen) atoms. The van der Waals surface area contributed by atoms with Crippen LogP contribution in [0.1, 0.15) is 35.9 Å². The van der Waals surface area contributed by atoms with Crippen molar-refractivity contribution in [3.63, 3.8) is 0 Å². The minimum Gasteiger partial charge on any atom is -0.350 e. The Kier molecular flexibility index (Phi) is 3.08. The van der Waals surface area contributed by atoms with E-state index >= 15 is 0 Å². The van der Waals surface area contributed by atoms with Gasteiger partial charge in [-0.25, -0.2) is 9.97 Å². The van der Waals surface area contributed by atoms with Crippen LogP contribution in [0, 0.1) is 5.41 Å². The van der Waals surface area contributed by atoms with Crippen LogP contribution in [0.4, 0.5) is 0 Å². The summed E-state index contributed by atoms with van der Waals surface area (Å²) in [6, 6.07) is 0. The molecule has 0 bridgehead atoms. The van der Waals surface area contributed by atoms with Gasteiger partial charge in [-0.1, -0.05) is 13.8 Å². The number of H-pyrrole nitrogens is 1. The number of aromatic amines is 1. The van der Waals surface area contributed by atoms with E-state index in [4.69, 9.17) is 0 Å². The predicted molar refractivity (Wildman–Crippen MR) is 74.3 cm³/mol. The average Bonchev–Trinajstić information content (AvgIpc) is 3.00. The summed E-state index contributed by atoms with van der Waals surface area (Å²) < 4.78 is 2.00. The smallest absolute Gasteiger partial charge is 0.271 e. The Balaban J connectivity index is 1.79. The Labute approximate surface area is 117 Å². The van der Waals surface area contributed by atoms with Gasteiger partial charge in [-0.2, -0.15) is 0 Å². The van der Waals surface area contributed by atoms with Crippen LogP contribution in [0.15, 0.2) is 18.7 Å². The van der Waals surface area contributed by atoms with Crippen molar-refractivity contribution in [2.24, 2.45) is 5.41 Å². The number of imidazole rings is 2. The zero-order chi connectivity index (χ0) is 14.2. The summed E-state index contributed by atoms with van der Waals surface area (Å²) in [5, 5.41) is 2.94. The molecule has 0 spiro atoms. The second kappa shape index (κ2) is 4.77. The summed E-state index contributed by atoms with van der Waals surface area (Å²) in [7, 11) is 0. The molecule has 3 heterocycles. The second-order valence-electron chi connectivity index (χ2n) is 6.08. The van der Waals surface area contributed by atoms with Gasteiger partial charge in [-0.3, -0.25) is 4.79 Å². The Morgan fingerprint density at radius 1 is 1.45 bits per heavy atom. The summed E-state index contributed by atoms with van der Waals surface area (Å²) in [5.74, 6) is 0.784. The Bertz CT molecular complexity index is 612. The van der Waals surface area contributed by atoms with Crippen molar-refractivity contribution in [2.45, 2.75) is 33.2 Å². The third-order valence-corrected chi connectivity index (χ3v) is 3.59. The van der Waals surface area contributed by atoms with Crippen LogP contribution >= 0.6 is 0 Å². The monoisotopic (exact) mass is 273 g/mol. The van der Waals surface area contributed by atoms with E-state index in [1.807, 2.05) is 10.8 Å². The van der Waals surface area contributed by atoms with Crippen molar-refractivity contribution >= 4 is 5.91 Å². The number of hydrogen-bond donors (Lipinski definition) is 2. The van der Waals surface area contributed by atoms with Crippen LogP contribution in [0.5, 0.6) is 0 Å². The first-order valence-corrected chi connectivity index (χ1v) is 6.85. The zero-order valence-electron chi connectivity index (χ0n) is 11.8. The molecule has 0 aliphatic carbocycles. The van der Waals surface area contributed by atoms with Crippen molar-refractivity contribution < 1.29 is 4.79 Å². The molecule has 0 saturated carbocycles. The van der Waals surface area contributed by atoms with Crippen LogP contribution in [0.25, 0.3) is 0 Å². The molecular weight excluding hydrogens is 254 g/mol. The van der Waals surface area contributed by atoms with Gasteiger partial charge < -0.3 is 14.9 Å². The van der Waals surface area contributed by atoms with Crippen LogP contribution in [-0.4, -0.2) is 32.0 Å². The molecule has 3 rings (SSSR count). The molecule has 6 nitrogen and oxygen atoms in total. The maximum absolute atomic E-state index is 12.0. The Morgan fingerprint density at radius 2 is 2.30 bits per heavy atom. The highest BCUT2D eigenvalue weighted by atomic mass is 16.1. The standard InChI is InChI=1S/C14H19N5O/c1-14(2)7-10-12(13(20)16-8-14)18-11(17-10)3-5-19-6-4-15-9-19/h4,6,9H,3,5,7-8H2,1-2H3,(H,16,20)(H,17,18). The van der Waals surface area contributed by atoms with Crippen molar-refractivity contribution in [1.29, 1.82) is 0 Å². The van der Waals surface area contributed by atoms with Gasteiger partial charge in [0.05, 0.1) is 6.33 Å². The van der Waals surface area contributed by atoms with E-state index in [0.717, 1.165) is 30.9 Å². The van der Waals surface area contributed by atoms with Crippen LogP contribution < -0.4 is 5.32 Å². The molecule has 1 aliphatic rings. The van der Waals surface area contributed by atoms with Gasteiger partial charge in [-0.05, 0) is 11.8 Å². The summed E-state index contributed by atoms with van der Waals surface area (Å²) in [5.41, 5.74) is 1.55. The molecule has 106 valence electrons. The highest BCUT2D eigenvalue weighted by molar-refractivity contribution is 5.93. The predicted octanol–water partition coefficient (Wildman–Crippen LogP) is 1.16. The van der Waals surface area contributed by atoms with E-state index in [9.17, 15) is 4.79 Å². The van der Waals surface area contributed by atoms with E-state index in [2.05, 4.69) is 34.1 Å². The highest BCUT2D eigenvalue weighted by Gasteiger charge is 2.29. The first-order chi connectivity index (χ1) is 9.53. The molecule has 1 aliphatic heterocycles. The molecule has 0 radical (unpaired) electrons. The SMILES string of the molecule is CC1(C)CNC(=O)c2nc(CCn3ccnc3)[nH]c2C1. The quantitative estimate of drug-likeness (QED) is 0.881. The number of amides is 1. The fourth-order valence-electron chi connectivity index (χ4n) is 2.50. The normalized spacial score (nSPS) is 17.4. The van der Waals surface area contributed by atoms with Gasteiger partial charge in [0.25, 0.3) is 5.91 Å². The molecule has 0 saturated heterocycles. The van der Waals surface area contributed by atoms with Gasteiger partial charge in [-0.15, -0.1) is 0 Å². The van der Waals surface area contributed by atoms with Crippen LogP contribution in [0.3, 0.4) is 0 Å². The molecule has 1 amide bonds. The maximum Gasteiger partial charge on any atom is 0.271 e. The van der Waals surface area contributed by atoms with E-state index in [0.29, 0.717) is 12.2 Å². The topological polar surface area (TPSA) is 75.6 Å². The summed E-state index contributed by atoms with van der Waals surface area (Å²) in [6.07, 6.45) is 7.05. The first-order valence-electron chi connectivity index (χ1n) is 6.85. The second-order valence-corrected chi connectivity index (χ2v) is 6.08. The number of aromatic nitrogens is 4. The highest BCUT2D eigenvalue weighted by Crippen LogP contribution is 2.25. The lowest BCUT2D eigenvalue weighted by atomic mass is 9.88. The first kappa shape index (κ1) is 12.9. The number of nitrogens with one attached hydrogen (secondary N) is 2. The van der Waals surface area contributed by atoms with Gasteiger partial charge in [0.2, 0.25) is 0 Å². The number of hydrogen-bond acceptors (Lipinski definition) is 3. The number of rotatable bonds is 3. The third kappa shape index (κ3) is 2.59. The molecule has 0 aromatic carbocycles. The minimum absolute atomic E-state index is 0.0507. The van der Waals surface area contributed by atoms with Crippen molar-refractivity contribution in [3.05, 3.63) is 35.9 Å². The van der Waals surface area contributed by atoms with Gasteiger partial charge >= 0.3 is 0 Å². The lowest BCUT2D eigenvalue weighted by molar-refractivity contribution is 0.0940. The number of aryl methyl sites for hydroxylation is 2. The molecule has 2 aromatic rings. The summed E-state index contributed by atoms with van der Waals surface area (Å²) in [6.45, 7) is 5.78. The van der Waals surface area contributed by atoms with Crippen molar-refractivity contribution in [1.82, 2.24) is 24.8 Å². The van der Waals surface area contributed by atoms with E-state index in [1.54, 1.807) is 12.5 Å². The van der Waals surface area contributed by atoms with Gasteiger partial charge in [0, 0.05) is 37.6 Å². The fraction of sp³-hybridized carbons (Fsp3) is 0.500. The molecule has 2 aromatic heterocycles. The molecular formula is C14H19N5O. The lowest BCUT2D eigenvalue weighted by Gasteiger charge is -2.21. The molecule has 0 atom stereocenters. The molecule has 0 fully saturated rings. The molecule has 0 unspecified atom stereocenters. The lowest BCUT2D eigenvalue weighted by Crippen LogP contribution is -2.32. The number of nitrogens with zero attached hydrogens (tertiary/aromatic N) is 3. The number of fused-ring (bicyclic) bond motifs is 1. The third-order valence-electron chi connectivity index (χ3n) is 3.59. The van der Waals surface area contributed by atoms with E-state index < -0.39 is 0 Å². The Hall–Kier alpha value is -2.11. The molecule has 6 heteroatoms. The van der Waals surface area contributed by atoms with E-state index in [1.165, 1.54) is 0 Å². The summed E-state index contributed by atoms with van der Waals surface area (Å²) in [4.78, 5) is 23.8. The molecule has 2 N–H and O–H groups in total. The van der Waals surface area contributed by atoms with Crippen LogP contribution in [0.2, 0.25) is 0 Å². The number of carbonyl (C=O) groups is 1. The summed E-state index contributed by atoms with van der Waals surface area (Å²) >= 11 is 0. The van der Waals surface area contributed by atoms with E-state index in [-0.39, 0.29) is 11.3 Å².